The van der Waals surface area contributed by atoms with E-state index in [4.69, 9.17) is 11.6 Å². The summed E-state index contributed by atoms with van der Waals surface area (Å²) in [5.74, 6) is -1.61. The summed E-state index contributed by atoms with van der Waals surface area (Å²) in [6.07, 6.45) is 0. The highest BCUT2D eigenvalue weighted by atomic mass is 35.5. The van der Waals surface area contributed by atoms with Crippen LogP contribution in [0.25, 0.3) is 5.57 Å². The van der Waals surface area contributed by atoms with Gasteiger partial charge in [0.2, 0.25) is 0 Å². The molecule has 0 spiro atoms. The first-order valence-corrected chi connectivity index (χ1v) is 9.68. The normalized spacial score (nSPS) is 14.2. The number of amides is 2. The van der Waals surface area contributed by atoms with Crippen LogP contribution in [0, 0.1) is 12.7 Å². The molecule has 4 nitrogen and oxygen atoms in total. The Kier molecular flexibility index (Phi) is 4.75. The highest BCUT2D eigenvalue weighted by Crippen LogP contribution is 2.36. The molecular formula is C21H14ClFN2O2S. The second kappa shape index (κ2) is 7.22. The number of halogens is 2. The first-order valence-electron chi connectivity index (χ1n) is 8.42. The maximum atomic E-state index is 13.5. The van der Waals surface area contributed by atoms with Crippen molar-refractivity contribution in [2.24, 2.45) is 0 Å². The second-order valence-electron chi connectivity index (χ2n) is 6.21. The Hall–Kier alpha value is -2.96. The van der Waals surface area contributed by atoms with Gasteiger partial charge in [-0.2, -0.15) is 0 Å². The van der Waals surface area contributed by atoms with E-state index in [9.17, 15) is 14.0 Å². The molecule has 0 aliphatic carbocycles. The number of carbonyl (C=O) groups excluding carboxylic acids is 2. The summed E-state index contributed by atoms with van der Waals surface area (Å²) in [7, 11) is 0. The Labute approximate surface area is 169 Å². The van der Waals surface area contributed by atoms with Crippen LogP contribution in [-0.2, 0) is 9.59 Å². The summed E-state index contributed by atoms with van der Waals surface area (Å²) in [6, 6.07) is 14.9. The Morgan fingerprint density at radius 2 is 1.82 bits per heavy atom. The van der Waals surface area contributed by atoms with Crippen molar-refractivity contribution in [1.82, 2.24) is 0 Å². The number of hydrogen-bond acceptors (Lipinski definition) is 4. The Bertz CT molecular complexity index is 1130. The molecule has 28 heavy (non-hydrogen) atoms. The van der Waals surface area contributed by atoms with Crippen molar-refractivity contribution in [3.05, 3.63) is 87.0 Å². The SMILES string of the molecule is Cc1ccccc1NC1=C(c2cccs2)C(=O)N(c2ccc(F)c(Cl)c2)C1=O. The van der Waals surface area contributed by atoms with E-state index in [2.05, 4.69) is 5.32 Å². The number of nitrogens with one attached hydrogen (secondary N) is 1. The molecule has 2 amide bonds. The fraction of sp³-hybridized carbons (Fsp3) is 0.0476. The fourth-order valence-electron chi connectivity index (χ4n) is 3.00. The molecule has 0 bridgehead atoms. The van der Waals surface area contributed by atoms with Gasteiger partial charge in [0, 0.05) is 10.6 Å². The van der Waals surface area contributed by atoms with E-state index in [1.165, 1.54) is 23.5 Å². The van der Waals surface area contributed by atoms with E-state index in [1.54, 1.807) is 6.07 Å². The molecule has 1 N–H and O–H groups in total. The summed E-state index contributed by atoms with van der Waals surface area (Å²) in [5.41, 5.74) is 2.35. The van der Waals surface area contributed by atoms with Gasteiger partial charge < -0.3 is 5.32 Å². The number of thiophene rings is 1. The Balaban J connectivity index is 1.82. The van der Waals surface area contributed by atoms with Crippen LogP contribution in [0.4, 0.5) is 15.8 Å². The van der Waals surface area contributed by atoms with Crippen molar-refractivity contribution in [2.75, 3.05) is 10.2 Å². The van der Waals surface area contributed by atoms with Gasteiger partial charge >= 0.3 is 0 Å². The molecule has 0 saturated carbocycles. The summed E-state index contributed by atoms with van der Waals surface area (Å²) >= 11 is 7.22. The van der Waals surface area contributed by atoms with E-state index in [-0.39, 0.29) is 22.0 Å². The van der Waals surface area contributed by atoms with E-state index in [1.807, 2.05) is 42.6 Å². The largest absolute Gasteiger partial charge is 0.350 e. The van der Waals surface area contributed by atoms with Crippen LogP contribution in [0.5, 0.6) is 0 Å². The van der Waals surface area contributed by atoms with Crippen molar-refractivity contribution in [1.29, 1.82) is 0 Å². The number of imide groups is 1. The van der Waals surface area contributed by atoms with Crippen LogP contribution in [0.3, 0.4) is 0 Å². The van der Waals surface area contributed by atoms with Crippen molar-refractivity contribution in [2.45, 2.75) is 6.92 Å². The molecular weight excluding hydrogens is 399 g/mol. The predicted octanol–water partition coefficient (Wildman–Crippen LogP) is 5.25. The summed E-state index contributed by atoms with van der Waals surface area (Å²) in [4.78, 5) is 28.0. The van der Waals surface area contributed by atoms with Crippen molar-refractivity contribution in [3.63, 3.8) is 0 Å². The van der Waals surface area contributed by atoms with Crippen LogP contribution in [-0.4, -0.2) is 11.8 Å². The molecule has 140 valence electrons. The van der Waals surface area contributed by atoms with Gasteiger partial charge in [-0.1, -0.05) is 35.9 Å². The van der Waals surface area contributed by atoms with Gasteiger partial charge in [0.15, 0.2) is 0 Å². The van der Waals surface area contributed by atoms with Crippen LogP contribution >= 0.6 is 22.9 Å². The fourth-order valence-corrected chi connectivity index (χ4v) is 3.94. The molecule has 2 heterocycles. The van der Waals surface area contributed by atoms with Crippen molar-refractivity contribution in [3.8, 4) is 0 Å². The zero-order valence-corrected chi connectivity index (χ0v) is 16.3. The average molecular weight is 413 g/mol. The van der Waals surface area contributed by atoms with E-state index in [0.717, 1.165) is 22.2 Å². The van der Waals surface area contributed by atoms with Crippen molar-refractivity contribution >= 4 is 51.7 Å². The lowest BCUT2D eigenvalue weighted by molar-refractivity contribution is -0.120. The third kappa shape index (κ3) is 3.10. The van der Waals surface area contributed by atoms with E-state index >= 15 is 0 Å². The smallest absolute Gasteiger partial charge is 0.282 e. The first-order chi connectivity index (χ1) is 13.5. The Morgan fingerprint density at radius 3 is 2.50 bits per heavy atom. The van der Waals surface area contributed by atoms with Gasteiger partial charge in [-0.05, 0) is 48.2 Å². The molecule has 0 fully saturated rings. The highest BCUT2D eigenvalue weighted by molar-refractivity contribution is 7.11. The molecule has 1 aliphatic heterocycles. The summed E-state index contributed by atoms with van der Waals surface area (Å²) in [5, 5.41) is 4.80. The third-order valence-electron chi connectivity index (χ3n) is 4.42. The molecule has 7 heteroatoms. The monoisotopic (exact) mass is 412 g/mol. The van der Waals surface area contributed by atoms with Crippen LogP contribution in [0.1, 0.15) is 10.4 Å². The van der Waals surface area contributed by atoms with Gasteiger partial charge in [0.05, 0.1) is 16.3 Å². The number of nitrogens with zero attached hydrogens (tertiary/aromatic N) is 1. The van der Waals surface area contributed by atoms with Gasteiger partial charge in [-0.15, -0.1) is 11.3 Å². The molecule has 1 aromatic heterocycles. The number of benzene rings is 2. The lowest BCUT2D eigenvalue weighted by Gasteiger charge is -2.16. The third-order valence-corrected chi connectivity index (χ3v) is 5.59. The molecule has 0 saturated heterocycles. The lowest BCUT2D eigenvalue weighted by Crippen LogP contribution is -2.32. The molecule has 2 aromatic carbocycles. The topological polar surface area (TPSA) is 49.4 Å². The van der Waals surface area contributed by atoms with Crippen LogP contribution in [0.2, 0.25) is 5.02 Å². The first kappa shape index (κ1) is 18.4. The molecule has 0 unspecified atom stereocenters. The lowest BCUT2D eigenvalue weighted by atomic mass is 10.1. The predicted molar refractivity (Wildman–Crippen MR) is 110 cm³/mol. The zero-order valence-electron chi connectivity index (χ0n) is 14.7. The number of anilines is 2. The minimum Gasteiger partial charge on any atom is -0.350 e. The van der Waals surface area contributed by atoms with Crippen LogP contribution in [0.15, 0.2) is 65.7 Å². The maximum absolute atomic E-state index is 13.5. The standard InChI is InChI=1S/C21H14ClFN2O2S/c1-12-5-2-3-6-16(12)24-19-18(17-7-4-10-28-17)20(26)25(21(19)27)13-8-9-15(23)14(22)11-13/h2-11,24H,1H3. The number of hydrogen-bond donors (Lipinski definition) is 1. The molecule has 0 radical (unpaired) electrons. The Morgan fingerprint density at radius 1 is 1.04 bits per heavy atom. The maximum Gasteiger partial charge on any atom is 0.282 e. The quantitative estimate of drug-likeness (QED) is 0.596. The number of aryl methyl sites for hydroxylation is 1. The van der Waals surface area contributed by atoms with E-state index in [0.29, 0.717) is 4.88 Å². The molecule has 4 rings (SSSR count). The number of para-hydroxylation sites is 1. The van der Waals surface area contributed by atoms with Gasteiger partial charge in [0.1, 0.15) is 11.5 Å². The minimum atomic E-state index is -0.616. The van der Waals surface area contributed by atoms with Crippen molar-refractivity contribution < 1.29 is 14.0 Å². The van der Waals surface area contributed by atoms with Crippen LogP contribution < -0.4 is 10.2 Å². The van der Waals surface area contributed by atoms with Gasteiger partial charge in [0.25, 0.3) is 11.8 Å². The van der Waals surface area contributed by atoms with Gasteiger partial charge in [-0.3, -0.25) is 9.59 Å². The minimum absolute atomic E-state index is 0.156. The highest BCUT2D eigenvalue weighted by Gasteiger charge is 2.41. The van der Waals surface area contributed by atoms with Gasteiger partial charge in [-0.25, -0.2) is 9.29 Å². The number of rotatable bonds is 4. The second-order valence-corrected chi connectivity index (χ2v) is 7.57. The summed E-state index contributed by atoms with van der Waals surface area (Å²) < 4.78 is 13.5. The summed E-state index contributed by atoms with van der Waals surface area (Å²) in [6.45, 7) is 1.91. The molecule has 0 atom stereocenters. The zero-order chi connectivity index (χ0) is 19.8. The molecule has 1 aliphatic rings. The molecule has 3 aromatic rings. The number of carbonyl (C=O) groups is 2. The van der Waals surface area contributed by atoms with E-state index < -0.39 is 17.6 Å². The average Bonchev–Trinajstić information content (AvgIpc) is 3.27.